The summed E-state index contributed by atoms with van der Waals surface area (Å²) in [4.78, 5) is 171. The summed E-state index contributed by atoms with van der Waals surface area (Å²) in [6, 6.07) is 0. The molecule has 0 aromatic rings. The Balaban J connectivity index is 4.13. The number of Topliss-reactive ketones (excluding diaryl/α,β-unsaturated/α-hetero) is 6. The van der Waals surface area contributed by atoms with E-state index in [1.807, 2.05) is 0 Å². The molecule has 0 aliphatic carbocycles. The first kappa shape index (κ1) is 110. The Labute approximate surface area is 695 Å². The third kappa shape index (κ3) is 73.1. The van der Waals surface area contributed by atoms with Crippen LogP contribution in [0.1, 0.15) is 297 Å². The molecule has 0 radical (unpaired) electrons. The number of amides is 4. The number of carboxylic acid groups (broad SMARTS) is 4. The minimum absolute atomic E-state index is 0.00224. The summed E-state index contributed by atoms with van der Waals surface area (Å²) < 4.78 is 43.6. The van der Waals surface area contributed by atoms with Crippen LogP contribution >= 0.6 is 0 Å². The Morgan fingerprint density at radius 2 is 0.632 bits per heavy atom. The molecule has 0 saturated carbocycles. The van der Waals surface area contributed by atoms with Crippen molar-refractivity contribution in [2.45, 2.75) is 303 Å². The topological polar surface area (TPSA) is 462 Å². The zero-order valence-corrected chi connectivity index (χ0v) is 71.4. The highest BCUT2D eigenvalue weighted by Gasteiger charge is 2.31. The van der Waals surface area contributed by atoms with Gasteiger partial charge in [0.05, 0.1) is 84.0 Å². The van der Waals surface area contributed by atoms with Crippen LogP contribution in [0.4, 0.5) is 0 Å². The molecular weight excluding hydrogens is 1520 g/mol. The van der Waals surface area contributed by atoms with Crippen LogP contribution in [0.15, 0.2) is 0 Å². The average molecular weight is 1670 g/mol. The minimum Gasteiger partial charge on any atom is -0.481 e. The molecule has 2 unspecified atom stereocenters. The van der Waals surface area contributed by atoms with Gasteiger partial charge in [0.25, 0.3) is 0 Å². The molecule has 0 spiro atoms. The molecule has 31 nitrogen and oxygen atoms in total. The molecule has 0 saturated heterocycles. The van der Waals surface area contributed by atoms with E-state index in [0.29, 0.717) is 110 Å². The smallest absolute Gasteiger partial charge is 0.306 e. The van der Waals surface area contributed by atoms with Crippen LogP contribution in [0, 0.1) is 29.1 Å². The van der Waals surface area contributed by atoms with Crippen molar-refractivity contribution in [1.82, 2.24) is 21.3 Å². The highest BCUT2D eigenvalue weighted by atomic mass is 16.5. The molecule has 0 aliphatic heterocycles. The average Bonchev–Trinajstić information content (AvgIpc) is 0.880. The molecule has 0 aromatic carbocycles. The summed E-state index contributed by atoms with van der Waals surface area (Å²) in [5.41, 5.74) is -0.668. The van der Waals surface area contributed by atoms with E-state index in [1.54, 1.807) is 20.8 Å². The van der Waals surface area contributed by atoms with Gasteiger partial charge in [-0.2, -0.15) is 0 Å². The van der Waals surface area contributed by atoms with E-state index in [-0.39, 0.29) is 235 Å². The Bertz CT molecular complexity index is 2730. The van der Waals surface area contributed by atoms with Crippen molar-refractivity contribution >= 4 is 82.2 Å². The lowest BCUT2D eigenvalue weighted by Gasteiger charge is -2.23. The Morgan fingerprint density at radius 1 is 0.282 bits per heavy atom. The predicted molar refractivity (Wildman–Crippen MR) is 438 cm³/mol. The molecule has 9 N–H and O–H groups in total. The van der Waals surface area contributed by atoms with Gasteiger partial charge in [0.15, 0.2) is 5.78 Å². The quantitative estimate of drug-likeness (QED) is 0.0255. The highest BCUT2D eigenvalue weighted by molar-refractivity contribution is 5.93. The van der Waals surface area contributed by atoms with Crippen molar-refractivity contribution in [3.63, 3.8) is 0 Å². The number of carbonyl (C=O) groups excluding carboxylic acids is 10. The number of rotatable bonds is 88. The lowest BCUT2D eigenvalue weighted by molar-refractivity contribution is -0.144. The third-order valence-corrected chi connectivity index (χ3v) is 19.9. The number of nitrogens with one attached hydrogen (secondary N) is 4. The fraction of sp³-hybridized carbons (Fsp3) is 0.837. The van der Waals surface area contributed by atoms with E-state index in [9.17, 15) is 82.4 Å². The number of aliphatic hydroxyl groups is 1. The van der Waals surface area contributed by atoms with Crippen LogP contribution in [0.2, 0.25) is 0 Å². The maximum atomic E-state index is 13.8. The second-order valence-electron chi connectivity index (χ2n) is 31.6. The van der Waals surface area contributed by atoms with Crippen molar-refractivity contribution in [2.24, 2.45) is 29.1 Å². The number of aliphatic hydroxyl groups excluding tert-OH is 1. The molecule has 5 atom stereocenters. The number of hydrogen-bond donors (Lipinski definition) is 9. The summed E-state index contributed by atoms with van der Waals surface area (Å²) in [6.45, 7) is 9.77. The molecule has 0 rings (SSSR count). The Kier molecular flexibility index (Phi) is 71.4. The molecule has 4 amide bonds. The van der Waals surface area contributed by atoms with Crippen molar-refractivity contribution in [1.29, 1.82) is 0 Å². The van der Waals surface area contributed by atoms with Crippen LogP contribution in [-0.2, 0) is 105 Å². The molecule has 0 heterocycles. The predicted octanol–water partition coefficient (Wildman–Crippen LogP) is 10.6. The number of carboxylic acids is 4. The number of ether oxygens (including phenoxy) is 8. The van der Waals surface area contributed by atoms with Crippen molar-refractivity contribution < 1.29 is 131 Å². The number of hydrogen-bond acceptors (Lipinski definition) is 23. The number of aliphatic carboxylic acids is 4. The van der Waals surface area contributed by atoms with Gasteiger partial charge in [-0.25, -0.2) is 0 Å². The lowest BCUT2D eigenvalue weighted by Crippen LogP contribution is -2.31. The SMILES string of the molecule is CC(=O)C(CCCCNC(=O)COCCOCCCC(=O)COCCOCCNC(=O)CC[C@H](CC(=O)CCCCCCCCCCCCC(=O)O)C(=O)O)CC(=O)[C@H](CCCCNC(=O)COCCOCCNC(=O)COCCOCCCC(O)CC[C@H](CC(=O)CCCCCCCCCCCCC(=O)O)C(=O)O)CC(=O)C(C)(C)C. The molecule has 676 valence electrons. The Hall–Kier alpha value is -6.58. The summed E-state index contributed by atoms with van der Waals surface area (Å²) in [5.74, 6) is -8.54. The second-order valence-corrected chi connectivity index (χ2v) is 31.6. The molecule has 0 fully saturated rings. The van der Waals surface area contributed by atoms with Gasteiger partial charge in [0.2, 0.25) is 23.6 Å². The van der Waals surface area contributed by atoms with E-state index >= 15 is 0 Å². The first-order chi connectivity index (χ1) is 56.1. The molecule has 31 heteroatoms. The molecule has 0 aromatic heterocycles. The number of carbonyl (C=O) groups is 14. The van der Waals surface area contributed by atoms with Gasteiger partial charge < -0.3 is 84.7 Å². The molecular formula is C86H150N4O27. The molecule has 117 heavy (non-hydrogen) atoms. The van der Waals surface area contributed by atoms with Gasteiger partial charge in [0.1, 0.15) is 55.3 Å². The second kappa shape index (κ2) is 75.6. The van der Waals surface area contributed by atoms with E-state index in [1.165, 1.54) is 6.92 Å². The highest BCUT2D eigenvalue weighted by Crippen LogP contribution is 2.28. The van der Waals surface area contributed by atoms with Crippen LogP contribution in [0.3, 0.4) is 0 Å². The fourth-order valence-electron chi connectivity index (χ4n) is 12.7. The molecule has 0 aliphatic rings. The third-order valence-electron chi connectivity index (χ3n) is 19.9. The van der Waals surface area contributed by atoms with Gasteiger partial charge in [-0.3, -0.25) is 67.1 Å². The largest absolute Gasteiger partial charge is 0.481 e. The molecule has 0 bridgehead atoms. The zero-order valence-electron chi connectivity index (χ0n) is 71.4. The fourth-order valence-corrected chi connectivity index (χ4v) is 12.7. The van der Waals surface area contributed by atoms with Gasteiger partial charge >= 0.3 is 23.9 Å². The van der Waals surface area contributed by atoms with Crippen LogP contribution in [0.5, 0.6) is 0 Å². The van der Waals surface area contributed by atoms with Gasteiger partial charge in [0, 0.05) is 121 Å². The van der Waals surface area contributed by atoms with Crippen molar-refractivity contribution in [3.8, 4) is 0 Å². The monoisotopic (exact) mass is 1670 g/mol. The Morgan fingerprint density at radius 3 is 1.04 bits per heavy atom. The van der Waals surface area contributed by atoms with Crippen LogP contribution in [0.25, 0.3) is 0 Å². The number of ketones is 6. The first-order valence-corrected chi connectivity index (χ1v) is 43.5. The van der Waals surface area contributed by atoms with Gasteiger partial charge in [-0.05, 0) is 96.8 Å². The number of unbranched alkanes of at least 4 members (excludes halogenated alkanes) is 20. The maximum absolute atomic E-state index is 13.8. The van der Waals surface area contributed by atoms with Crippen molar-refractivity contribution in [2.75, 3.05) is 132 Å². The maximum Gasteiger partial charge on any atom is 0.306 e. The zero-order chi connectivity index (χ0) is 86.8. The van der Waals surface area contributed by atoms with E-state index in [0.717, 1.165) is 116 Å². The van der Waals surface area contributed by atoms with E-state index in [2.05, 4.69) is 21.3 Å². The van der Waals surface area contributed by atoms with E-state index in [4.69, 9.17) is 48.1 Å². The summed E-state index contributed by atoms with van der Waals surface area (Å²) in [5, 5.41) is 58.1. The van der Waals surface area contributed by atoms with Gasteiger partial charge in [-0.15, -0.1) is 0 Å². The summed E-state index contributed by atoms with van der Waals surface area (Å²) in [6.07, 6.45) is 24.9. The van der Waals surface area contributed by atoms with Crippen LogP contribution in [-0.4, -0.2) is 246 Å². The lowest BCUT2D eigenvalue weighted by atomic mass is 9.79. The normalized spacial score (nSPS) is 12.8. The van der Waals surface area contributed by atoms with Crippen LogP contribution < -0.4 is 21.3 Å². The van der Waals surface area contributed by atoms with Gasteiger partial charge in [-0.1, -0.05) is 136 Å². The standard InChI is InChI=1S/C86H150N4O27/c1-67(91)68(31-25-27-43-87-79(99)64-115-56-52-111-48-30-36-75(95)63-114-55-53-112-49-45-89-78(98)42-40-71(85(108)109)60-74(94)34-22-18-14-10-6-8-12-16-20-24-38-83(104)105)61-76(96)69(62-77(97)86(2,3)4)32-26-28-44-88-80(100)65-117-58-54-113-50-46-90-81(101)66-116-57-51-110-47-29-35-72(92)41-39-70(84(106)107)59-73(93)33-21-17-13-9-5-7-11-15-19-23-37-82(102)103/h68-72,92H,5-66H2,1-4H3,(H,87,99)(H,88,100)(H,89,98)(H,90,101)(H,102,103)(H,104,105)(H,106,107)(H,108,109)/t68?,69-,70-,71-,72?/m1/s1. The van der Waals surface area contributed by atoms with Crippen molar-refractivity contribution in [3.05, 3.63) is 0 Å². The summed E-state index contributed by atoms with van der Waals surface area (Å²) >= 11 is 0. The summed E-state index contributed by atoms with van der Waals surface area (Å²) in [7, 11) is 0. The van der Waals surface area contributed by atoms with E-state index < -0.39 is 59.1 Å². The minimum atomic E-state index is -1.10. The first-order valence-electron chi connectivity index (χ1n) is 43.5.